The maximum absolute atomic E-state index is 13.3. The van der Waals surface area contributed by atoms with Gasteiger partial charge in [-0.15, -0.1) is 0 Å². The van der Waals surface area contributed by atoms with E-state index in [1.54, 1.807) is 0 Å². The molecule has 4 aromatic carbocycles. The van der Waals surface area contributed by atoms with E-state index in [-0.39, 0.29) is 5.56 Å². The van der Waals surface area contributed by atoms with Crippen molar-refractivity contribution in [2.75, 3.05) is 0 Å². The molecule has 0 bridgehead atoms. The van der Waals surface area contributed by atoms with Gasteiger partial charge in [0.2, 0.25) is 11.6 Å². The van der Waals surface area contributed by atoms with Crippen LogP contribution in [0.15, 0.2) is 121 Å². The maximum atomic E-state index is 13.3. The Morgan fingerprint density at radius 2 is 1.00 bits per heavy atom. The summed E-state index contributed by atoms with van der Waals surface area (Å²) in [4.78, 5) is 50.7. The molecule has 0 spiro atoms. The fraction of sp³-hybridized carbons (Fsp3) is 0. The standard InChI is InChI=1S/C31H24ClN2O5P/c32-23-18-16-22(17-19-23)27(35)20-28(36)30(38)33-34-31(39)29(37)21-40(24-10-4-1-5-11-24,25-12-6-2-7-13-25)26-14-8-3-9-15-26/h1-21,35H,(H,33,38)(H,34,39)/b27-20-. The lowest BCUT2D eigenvalue weighted by Gasteiger charge is -2.28. The first-order valence-corrected chi connectivity index (χ1v) is 14.3. The first-order valence-electron chi connectivity index (χ1n) is 12.1. The molecular weight excluding hydrogens is 547 g/mol. The van der Waals surface area contributed by atoms with Crippen molar-refractivity contribution >= 4 is 69.3 Å². The van der Waals surface area contributed by atoms with Crippen LogP contribution in [-0.4, -0.2) is 34.3 Å². The molecule has 0 unspecified atom stereocenters. The Kier molecular flexibility index (Phi) is 9.12. The number of carbonyl (C=O) groups is 4. The van der Waals surface area contributed by atoms with Crippen LogP contribution in [0.2, 0.25) is 5.02 Å². The molecule has 9 heteroatoms. The zero-order chi connectivity index (χ0) is 28.5. The molecule has 3 N–H and O–H groups in total. The highest BCUT2D eigenvalue weighted by molar-refractivity contribution is 7.95. The number of carbonyl (C=O) groups excluding carboxylic acids is 4. The van der Waals surface area contributed by atoms with Crippen molar-refractivity contribution in [3.05, 3.63) is 132 Å². The number of ketones is 2. The zero-order valence-corrected chi connectivity index (χ0v) is 22.7. The number of hydrazine groups is 1. The predicted molar refractivity (Wildman–Crippen MR) is 160 cm³/mol. The van der Waals surface area contributed by atoms with E-state index in [0.29, 0.717) is 11.1 Å². The first-order chi connectivity index (χ1) is 19.3. The number of nitrogens with one attached hydrogen (secondary N) is 2. The van der Waals surface area contributed by atoms with Crippen LogP contribution in [0.1, 0.15) is 5.56 Å². The molecule has 0 aliphatic heterocycles. The number of benzene rings is 4. The van der Waals surface area contributed by atoms with Crippen LogP contribution in [0.25, 0.3) is 5.76 Å². The molecule has 0 saturated carbocycles. The summed E-state index contributed by atoms with van der Waals surface area (Å²) in [6, 6.07) is 34.3. The van der Waals surface area contributed by atoms with E-state index >= 15 is 0 Å². The smallest absolute Gasteiger partial charge is 0.310 e. The first kappa shape index (κ1) is 28.3. The van der Waals surface area contributed by atoms with Gasteiger partial charge < -0.3 is 5.11 Å². The maximum Gasteiger partial charge on any atom is 0.310 e. The van der Waals surface area contributed by atoms with E-state index in [4.69, 9.17) is 11.6 Å². The molecule has 2 amide bonds. The summed E-state index contributed by atoms with van der Waals surface area (Å²) in [5.41, 5.74) is 4.22. The van der Waals surface area contributed by atoms with Crippen molar-refractivity contribution in [3.63, 3.8) is 0 Å². The zero-order valence-electron chi connectivity index (χ0n) is 21.0. The predicted octanol–water partition coefficient (Wildman–Crippen LogP) is 3.32. The molecule has 0 aliphatic rings. The Bertz CT molecular complexity index is 1520. The van der Waals surface area contributed by atoms with Crippen LogP contribution in [0.4, 0.5) is 0 Å². The van der Waals surface area contributed by atoms with Gasteiger partial charge in [-0.1, -0.05) is 103 Å². The Morgan fingerprint density at radius 1 is 0.600 bits per heavy atom. The molecule has 0 saturated heterocycles. The molecule has 40 heavy (non-hydrogen) atoms. The number of rotatable bonds is 8. The van der Waals surface area contributed by atoms with Crippen molar-refractivity contribution in [1.82, 2.24) is 10.9 Å². The molecular formula is C31H24ClN2O5P. The van der Waals surface area contributed by atoms with E-state index in [1.807, 2.05) is 102 Å². The highest BCUT2D eigenvalue weighted by atomic mass is 35.5. The third-order valence-corrected chi connectivity index (χ3v) is 10.2. The van der Waals surface area contributed by atoms with Crippen molar-refractivity contribution in [1.29, 1.82) is 0 Å². The van der Waals surface area contributed by atoms with Gasteiger partial charge in [-0.3, -0.25) is 30.0 Å². The van der Waals surface area contributed by atoms with Crippen LogP contribution in [0.5, 0.6) is 0 Å². The SMILES string of the molecule is O=C(C=P(c1ccccc1)(c1ccccc1)c1ccccc1)C(=O)NNC(=O)C(=O)/C=C(\O)c1ccc(Cl)cc1. The van der Waals surface area contributed by atoms with E-state index < -0.39 is 36.0 Å². The third kappa shape index (κ3) is 6.46. The molecule has 0 aromatic heterocycles. The van der Waals surface area contributed by atoms with Crippen LogP contribution < -0.4 is 26.8 Å². The number of halogens is 1. The number of aliphatic hydroxyl groups is 1. The van der Waals surface area contributed by atoms with Crippen LogP contribution in [0, 0.1) is 0 Å². The van der Waals surface area contributed by atoms with Crippen molar-refractivity contribution in [2.45, 2.75) is 0 Å². The molecule has 0 radical (unpaired) electrons. The molecule has 0 aliphatic carbocycles. The molecule has 4 rings (SSSR count). The lowest BCUT2D eigenvalue weighted by Crippen LogP contribution is -2.47. The summed E-state index contributed by atoms with van der Waals surface area (Å²) >= 11 is 5.81. The van der Waals surface area contributed by atoms with Gasteiger partial charge in [-0.05, 0) is 47.1 Å². The van der Waals surface area contributed by atoms with E-state index in [1.165, 1.54) is 30.1 Å². The molecule has 0 fully saturated rings. The van der Waals surface area contributed by atoms with Crippen LogP contribution in [0.3, 0.4) is 0 Å². The fourth-order valence-corrected chi connectivity index (χ4v) is 7.89. The Labute approximate surface area is 236 Å². The van der Waals surface area contributed by atoms with Crippen LogP contribution >= 0.6 is 18.5 Å². The van der Waals surface area contributed by atoms with E-state index in [2.05, 4.69) is 0 Å². The van der Waals surface area contributed by atoms with Crippen LogP contribution in [-0.2, 0) is 19.2 Å². The molecule has 0 atom stereocenters. The number of amides is 2. The summed E-state index contributed by atoms with van der Waals surface area (Å²) in [6.07, 6.45) is 0.704. The number of hydrogen-bond donors (Lipinski definition) is 3. The summed E-state index contributed by atoms with van der Waals surface area (Å²) in [5, 5.41) is 13.1. The number of hydrogen-bond acceptors (Lipinski definition) is 5. The van der Waals surface area contributed by atoms with Gasteiger partial charge in [-0.25, -0.2) is 0 Å². The van der Waals surface area contributed by atoms with Gasteiger partial charge in [0.15, 0.2) is 0 Å². The summed E-state index contributed by atoms with van der Waals surface area (Å²) in [7, 11) is 0. The van der Waals surface area contributed by atoms with E-state index in [0.717, 1.165) is 15.9 Å². The summed E-state index contributed by atoms with van der Waals surface area (Å²) in [6.45, 7) is -2.75. The van der Waals surface area contributed by atoms with Crippen molar-refractivity contribution in [2.24, 2.45) is 0 Å². The second-order valence-corrected chi connectivity index (χ2v) is 12.2. The fourth-order valence-electron chi connectivity index (χ4n) is 4.03. The molecule has 4 aromatic rings. The molecule has 7 nitrogen and oxygen atoms in total. The number of Topliss-reactive ketones (excluding diaryl/α,β-unsaturated/α-hetero) is 1. The van der Waals surface area contributed by atoms with E-state index in [9.17, 15) is 24.3 Å². The quantitative estimate of drug-likeness (QED) is 0.0989. The highest BCUT2D eigenvalue weighted by Gasteiger charge is 2.28. The molecule has 200 valence electrons. The Balaban J connectivity index is 1.61. The summed E-state index contributed by atoms with van der Waals surface area (Å²) in [5.74, 6) is -3.45. The minimum absolute atomic E-state index is 0.266. The Morgan fingerprint density at radius 3 is 1.43 bits per heavy atom. The van der Waals surface area contributed by atoms with Gasteiger partial charge in [0.25, 0.3) is 0 Å². The topological polar surface area (TPSA) is 113 Å². The monoisotopic (exact) mass is 570 g/mol. The van der Waals surface area contributed by atoms with Gasteiger partial charge in [0.1, 0.15) is 5.76 Å². The van der Waals surface area contributed by atoms with Gasteiger partial charge >= 0.3 is 11.8 Å². The van der Waals surface area contributed by atoms with Crippen molar-refractivity contribution < 1.29 is 24.3 Å². The average molecular weight is 571 g/mol. The minimum Gasteiger partial charge on any atom is -0.507 e. The normalized spacial score (nSPS) is 11.3. The average Bonchev–Trinajstić information content (AvgIpc) is 3.00. The Hall–Kier alpha value is -4.71. The van der Waals surface area contributed by atoms with Gasteiger partial charge in [0, 0.05) is 22.5 Å². The second-order valence-electron chi connectivity index (χ2n) is 8.53. The lowest BCUT2D eigenvalue weighted by molar-refractivity contribution is -0.139. The van der Waals surface area contributed by atoms with Gasteiger partial charge in [0.05, 0.1) is 0 Å². The van der Waals surface area contributed by atoms with Gasteiger partial charge in [-0.2, -0.15) is 0 Å². The highest BCUT2D eigenvalue weighted by Crippen LogP contribution is 2.43. The number of aliphatic hydroxyl groups excluding tert-OH is 1. The minimum atomic E-state index is -2.75. The third-order valence-electron chi connectivity index (χ3n) is 5.95. The summed E-state index contributed by atoms with van der Waals surface area (Å²) < 4.78 is 0. The second kappa shape index (κ2) is 12.9. The molecule has 0 heterocycles. The largest absolute Gasteiger partial charge is 0.507 e. The lowest BCUT2D eigenvalue weighted by atomic mass is 10.1. The van der Waals surface area contributed by atoms with Crippen molar-refractivity contribution in [3.8, 4) is 0 Å².